The summed E-state index contributed by atoms with van der Waals surface area (Å²) in [7, 11) is 1.66. The molecule has 0 atom stereocenters. The van der Waals surface area contributed by atoms with E-state index in [4.69, 9.17) is 12.2 Å². The van der Waals surface area contributed by atoms with Crippen molar-refractivity contribution in [2.45, 2.75) is 0 Å². The average Bonchev–Trinajstić information content (AvgIpc) is 2.17. The van der Waals surface area contributed by atoms with Crippen LogP contribution in [-0.2, 0) is 4.79 Å². The van der Waals surface area contributed by atoms with Crippen LogP contribution in [0.2, 0.25) is 0 Å². The third-order valence-electron chi connectivity index (χ3n) is 1.43. The van der Waals surface area contributed by atoms with Gasteiger partial charge in [-0.25, -0.2) is 0 Å². The fourth-order valence-corrected chi connectivity index (χ4v) is 1.00. The van der Waals surface area contributed by atoms with E-state index in [9.17, 15) is 4.79 Å². The Morgan fingerprint density at radius 2 is 2.40 bits per heavy atom. The Labute approximate surface area is 64.9 Å². The Hall–Kier alpha value is -0.900. The Balaban J connectivity index is 2.80. The molecule has 0 aromatic carbocycles. The van der Waals surface area contributed by atoms with E-state index in [1.807, 2.05) is 0 Å². The second-order valence-corrected chi connectivity index (χ2v) is 2.41. The number of thiocarbonyl (C=S) groups is 1. The van der Waals surface area contributed by atoms with Gasteiger partial charge in [-0.05, 0) is 18.4 Å². The fraction of sp³-hybridized carbons (Fsp3) is 0.333. The van der Waals surface area contributed by atoms with Crippen LogP contribution in [-0.4, -0.2) is 34.4 Å². The van der Waals surface area contributed by atoms with E-state index in [1.165, 1.54) is 4.90 Å². The molecule has 0 aliphatic carbocycles. The van der Waals surface area contributed by atoms with Crippen molar-refractivity contribution in [2.75, 3.05) is 13.6 Å². The fourth-order valence-electron chi connectivity index (χ4n) is 0.761. The number of likely N-dealkylation sites (N-methyl/N-ethyl adjacent to an activating group) is 1. The van der Waals surface area contributed by atoms with Crippen molar-refractivity contribution in [3.63, 3.8) is 0 Å². The van der Waals surface area contributed by atoms with Crippen LogP contribution in [0.15, 0.2) is 12.8 Å². The van der Waals surface area contributed by atoms with Crippen LogP contribution < -0.4 is 0 Å². The van der Waals surface area contributed by atoms with Gasteiger partial charge in [-0.3, -0.25) is 9.69 Å². The lowest BCUT2D eigenvalue weighted by atomic mass is 10.6. The first-order valence-electron chi connectivity index (χ1n) is 2.86. The number of rotatable bonds is 1. The molecule has 0 radical (unpaired) electrons. The Kier molecular flexibility index (Phi) is 1.72. The Bertz CT molecular complexity index is 202. The predicted octanol–water partition coefficient (Wildman–Crippen LogP) is 0.189. The van der Waals surface area contributed by atoms with Gasteiger partial charge in [0.2, 0.25) is 5.91 Å². The van der Waals surface area contributed by atoms with E-state index in [1.54, 1.807) is 18.1 Å². The van der Waals surface area contributed by atoms with E-state index in [0.717, 1.165) is 0 Å². The van der Waals surface area contributed by atoms with Crippen molar-refractivity contribution in [1.82, 2.24) is 9.80 Å². The predicted molar refractivity (Wildman–Crippen MR) is 42.3 cm³/mol. The summed E-state index contributed by atoms with van der Waals surface area (Å²) in [6, 6.07) is 0. The van der Waals surface area contributed by atoms with Gasteiger partial charge in [-0.2, -0.15) is 0 Å². The van der Waals surface area contributed by atoms with Gasteiger partial charge in [0.05, 0.1) is 0 Å². The second-order valence-electron chi connectivity index (χ2n) is 2.05. The maximum absolute atomic E-state index is 10.9. The highest BCUT2D eigenvalue weighted by molar-refractivity contribution is 7.80. The van der Waals surface area contributed by atoms with Crippen molar-refractivity contribution in [1.29, 1.82) is 0 Å². The molecule has 1 amide bonds. The molecule has 54 valence electrons. The zero-order valence-corrected chi connectivity index (χ0v) is 6.52. The molecular formula is C6H8N2OS. The van der Waals surface area contributed by atoms with Crippen molar-refractivity contribution in [3.05, 3.63) is 12.8 Å². The zero-order chi connectivity index (χ0) is 7.72. The van der Waals surface area contributed by atoms with Crippen molar-refractivity contribution in [2.24, 2.45) is 0 Å². The topological polar surface area (TPSA) is 23.6 Å². The van der Waals surface area contributed by atoms with Crippen molar-refractivity contribution < 1.29 is 4.79 Å². The minimum atomic E-state index is 0.0184. The third kappa shape index (κ3) is 0.903. The lowest BCUT2D eigenvalue weighted by Crippen LogP contribution is -2.26. The maximum Gasteiger partial charge on any atom is 0.248 e. The molecule has 1 rings (SSSR count). The molecule has 0 saturated carbocycles. The van der Waals surface area contributed by atoms with Crippen LogP contribution in [0.5, 0.6) is 0 Å². The summed E-state index contributed by atoms with van der Waals surface area (Å²) >= 11 is 4.90. The summed E-state index contributed by atoms with van der Waals surface area (Å²) < 4.78 is 0. The van der Waals surface area contributed by atoms with Gasteiger partial charge in [0.25, 0.3) is 0 Å². The molecule has 1 fully saturated rings. The number of amides is 1. The van der Waals surface area contributed by atoms with Gasteiger partial charge in [0, 0.05) is 7.05 Å². The molecule has 10 heavy (non-hydrogen) atoms. The number of hydrogen-bond acceptors (Lipinski definition) is 2. The van der Waals surface area contributed by atoms with Crippen LogP contribution >= 0.6 is 12.2 Å². The number of hydrogen-bond donors (Lipinski definition) is 0. The van der Waals surface area contributed by atoms with Crippen LogP contribution in [0.1, 0.15) is 0 Å². The van der Waals surface area contributed by atoms with E-state index >= 15 is 0 Å². The largest absolute Gasteiger partial charge is 0.316 e. The first-order chi connectivity index (χ1) is 4.66. The Morgan fingerprint density at radius 3 is 2.60 bits per heavy atom. The zero-order valence-electron chi connectivity index (χ0n) is 5.70. The van der Waals surface area contributed by atoms with E-state index < -0.39 is 0 Å². The molecular weight excluding hydrogens is 148 g/mol. The molecule has 0 aromatic rings. The Morgan fingerprint density at radius 1 is 1.80 bits per heavy atom. The van der Waals surface area contributed by atoms with E-state index in [2.05, 4.69) is 6.58 Å². The number of carbonyl (C=O) groups is 1. The van der Waals surface area contributed by atoms with E-state index in [-0.39, 0.29) is 5.91 Å². The summed E-state index contributed by atoms with van der Waals surface area (Å²) in [6.45, 7) is 3.85. The van der Waals surface area contributed by atoms with Crippen LogP contribution in [0.4, 0.5) is 0 Å². The summed E-state index contributed by atoms with van der Waals surface area (Å²) in [4.78, 5) is 14.0. The summed E-state index contributed by atoms with van der Waals surface area (Å²) in [5.41, 5.74) is 0. The van der Waals surface area contributed by atoms with Gasteiger partial charge in [-0.15, -0.1) is 0 Å². The van der Waals surface area contributed by atoms with Crippen LogP contribution in [0, 0.1) is 0 Å². The van der Waals surface area contributed by atoms with Crippen molar-refractivity contribution in [3.8, 4) is 0 Å². The first kappa shape index (κ1) is 7.21. The highest BCUT2D eigenvalue weighted by Crippen LogP contribution is 2.07. The standard InChI is InChI=1S/C6H8N2OS/c1-3-8-4-5(9)7(2)6(8)10/h3H,1,4H2,2H3. The highest BCUT2D eigenvalue weighted by Gasteiger charge is 2.27. The first-order valence-corrected chi connectivity index (χ1v) is 3.27. The summed E-state index contributed by atoms with van der Waals surface area (Å²) in [5, 5.41) is 0.528. The lowest BCUT2D eigenvalue weighted by molar-refractivity contribution is -0.124. The minimum Gasteiger partial charge on any atom is -0.316 e. The van der Waals surface area contributed by atoms with Crippen molar-refractivity contribution >= 4 is 23.2 Å². The average molecular weight is 156 g/mol. The maximum atomic E-state index is 10.9. The molecule has 1 heterocycles. The lowest BCUT2D eigenvalue weighted by Gasteiger charge is -2.10. The molecule has 3 nitrogen and oxygen atoms in total. The normalized spacial score (nSPS) is 18.5. The van der Waals surface area contributed by atoms with Gasteiger partial charge < -0.3 is 4.90 Å². The molecule has 0 aromatic heterocycles. The molecule has 1 saturated heterocycles. The molecule has 0 N–H and O–H groups in total. The van der Waals surface area contributed by atoms with Gasteiger partial charge >= 0.3 is 0 Å². The number of carbonyl (C=O) groups excluding carboxylic acids is 1. The number of nitrogens with zero attached hydrogens (tertiary/aromatic N) is 2. The minimum absolute atomic E-state index is 0.0184. The molecule has 1 aliphatic heterocycles. The molecule has 0 spiro atoms. The van der Waals surface area contributed by atoms with Gasteiger partial charge in [0.15, 0.2) is 5.11 Å². The molecule has 0 unspecified atom stereocenters. The van der Waals surface area contributed by atoms with Gasteiger partial charge in [0.1, 0.15) is 6.54 Å². The summed E-state index contributed by atoms with van der Waals surface area (Å²) in [5.74, 6) is 0.0184. The van der Waals surface area contributed by atoms with Crippen LogP contribution in [0.3, 0.4) is 0 Å². The summed E-state index contributed by atoms with van der Waals surface area (Å²) in [6.07, 6.45) is 1.56. The quantitative estimate of drug-likeness (QED) is 0.506. The SMILES string of the molecule is C=CN1CC(=O)N(C)C1=S. The second kappa shape index (κ2) is 2.38. The third-order valence-corrected chi connectivity index (χ3v) is 1.94. The molecule has 1 aliphatic rings. The van der Waals surface area contributed by atoms with Gasteiger partial charge in [-0.1, -0.05) is 6.58 Å². The monoisotopic (exact) mass is 156 g/mol. The van der Waals surface area contributed by atoms with Crippen LogP contribution in [0.25, 0.3) is 0 Å². The molecule has 4 heteroatoms. The molecule has 0 bridgehead atoms. The van der Waals surface area contributed by atoms with E-state index in [0.29, 0.717) is 11.7 Å². The smallest absolute Gasteiger partial charge is 0.248 e. The highest BCUT2D eigenvalue weighted by atomic mass is 32.1.